The van der Waals surface area contributed by atoms with E-state index in [2.05, 4.69) is 41.2 Å². The number of methoxy groups -OCH3 is 1. The van der Waals surface area contributed by atoms with Gasteiger partial charge < -0.3 is 28.6 Å². The van der Waals surface area contributed by atoms with Crippen molar-refractivity contribution in [1.82, 2.24) is 25.0 Å². The van der Waals surface area contributed by atoms with Crippen LogP contribution in [0.2, 0.25) is 10.0 Å². The molecule has 0 spiro atoms. The third kappa shape index (κ3) is 6.70. The molecule has 2 aliphatic rings. The van der Waals surface area contributed by atoms with Gasteiger partial charge in [-0.25, -0.2) is 4.79 Å². The van der Waals surface area contributed by atoms with Crippen LogP contribution in [0.1, 0.15) is 88.1 Å². The van der Waals surface area contributed by atoms with E-state index in [1.165, 1.54) is 0 Å². The molecule has 1 amide bonds. The highest BCUT2D eigenvalue weighted by Crippen LogP contribution is 2.46. The summed E-state index contributed by atoms with van der Waals surface area (Å²) in [4.78, 5) is 34.5. The number of hydrogen-bond acceptors (Lipinski definition) is 7. The van der Waals surface area contributed by atoms with E-state index in [1.54, 1.807) is 34.9 Å². The van der Waals surface area contributed by atoms with Gasteiger partial charge in [-0.05, 0) is 113 Å². The van der Waals surface area contributed by atoms with E-state index in [-0.39, 0.29) is 42.2 Å². The highest BCUT2D eigenvalue weighted by molar-refractivity contribution is 6.33. The molecule has 3 aromatic carbocycles. The lowest BCUT2D eigenvalue weighted by molar-refractivity contribution is 0.0686. The number of carboxylic acid groups (broad SMARTS) is 1. The summed E-state index contributed by atoms with van der Waals surface area (Å²) in [6.45, 7) is 11.3. The monoisotopic (exact) mass is 808 g/mol. The van der Waals surface area contributed by atoms with Crippen LogP contribution in [0.15, 0.2) is 66.9 Å². The van der Waals surface area contributed by atoms with E-state index in [1.807, 2.05) is 62.4 Å². The van der Waals surface area contributed by atoms with E-state index in [4.69, 9.17) is 32.7 Å². The van der Waals surface area contributed by atoms with E-state index < -0.39 is 5.97 Å². The van der Waals surface area contributed by atoms with Crippen molar-refractivity contribution in [1.29, 1.82) is 0 Å². The zero-order valence-electron chi connectivity index (χ0n) is 32.8. The summed E-state index contributed by atoms with van der Waals surface area (Å²) < 4.78 is 15.9. The number of amides is 1. The van der Waals surface area contributed by atoms with Crippen LogP contribution in [0.3, 0.4) is 0 Å². The largest absolute Gasteiger partial charge is 0.496 e. The minimum absolute atomic E-state index is 0.0404. The zero-order valence-corrected chi connectivity index (χ0v) is 34.3. The van der Waals surface area contributed by atoms with Gasteiger partial charge in [-0.2, -0.15) is 0 Å². The molecule has 2 aliphatic heterocycles. The minimum atomic E-state index is -1.09. The second kappa shape index (κ2) is 15.4. The van der Waals surface area contributed by atoms with Gasteiger partial charge in [0.15, 0.2) is 0 Å². The Morgan fingerprint density at radius 1 is 0.965 bits per heavy atom. The van der Waals surface area contributed by atoms with Crippen LogP contribution in [0, 0.1) is 13.8 Å². The Morgan fingerprint density at radius 3 is 2.37 bits per heavy atom. The molecule has 3 N–H and O–H groups in total. The number of benzene rings is 3. The van der Waals surface area contributed by atoms with Crippen LogP contribution in [0.5, 0.6) is 11.5 Å². The third-order valence-electron chi connectivity index (χ3n) is 11.6. The standard InChI is InChI=1S/C44H46Cl2N6O5/c1-23-18-29(19-24(2)39(23)46)57-17-9-11-30-31-12-13-33(45)38(37-26(4)48-49-27(37)5)41(31)52-25(3)21-51(43(53)42(30)52)34-14-15-36(56-6)32-20-35(44(54)55)50(40(32)34)22-28-10-7-8-16-47-28/h7-8,10,12-16,18-20,25-27,37,48-49H,9,11,17,21-22H2,1-6H3,(H,54,55)/t25-,26?,27?,37?/m1/s1. The van der Waals surface area contributed by atoms with Crippen molar-refractivity contribution < 1.29 is 24.2 Å². The van der Waals surface area contributed by atoms with Crippen LogP contribution in [0.25, 0.3) is 21.8 Å². The predicted molar refractivity (Wildman–Crippen MR) is 225 cm³/mol. The summed E-state index contributed by atoms with van der Waals surface area (Å²) >= 11 is 13.6. The topological polar surface area (TPSA) is 123 Å². The number of hydrazine groups is 1. The fraction of sp³-hybridized carbons (Fsp3) is 0.341. The number of nitrogens with one attached hydrogen (secondary N) is 2. The van der Waals surface area contributed by atoms with Crippen molar-refractivity contribution in [3.05, 3.63) is 116 Å². The number of carbonyl (C=O) groups is 2. The number of nitrogens with zero attached hydrogens (tertiary/aromatic N) is 4. The lowest BCUT2D eigenvalue weighted by atomic mass is 9.87. The Hall–Kier alpha value is -5.07. The smallest absolute Gasteiger partial charge is 0.352 e. The molecule has 13 heteroatoms. The number of anilines is 1. The second-order valence-electron chi connectivity index (χ2n) is 15.3. The number of carbonyl (C=O) groups excluding carboxylic acids is 1. The van der Waals surface area contributed by atoms with Crippen LogP contribution in [-0.2, 0) is 13.0 Å². The first kappa shape index (κ1) is 38.8. The van der Waals surface area contributed by atoms with E-state index in [0.717, 1.165) is 43.9 Å². The van der Waals surface area contributed by atoms with Crippen molar-refractivity contribution in [2.24, 2.45) is 0 Å². The average molecular weight is 810 g/mol. The molecule has 8 rings (SSSR count). The van der Waals surface area contributed by atoms with Crippen LogP contribution in [-0.4, -0.2) is 63.4 Å². The molecule has 6 aromatic rings. The quantitative estimate of drug-likeness (QED) is 0.111. The first-order chi connectivity index (χ1) is 27.4. The molecule has 3 atom stereocenters. The molecule has 11 nitrogen and oxygen atoms in total. The Morgan fingerprint density at radius 2 is 1.70 bits per heavy atom. The van der Waals surface area contributed by atoms with E-state index in [0.29, 0.717) is 64.7 Å². The molecule has 0 radical (unpaired) electrons. The molecule has 0 saturated carbocycles. The SMILES string of the molecule is COc1ccc(N2C[C@@H](C)n3c(c(CCCOc4cc(C)c(Cl)c(C)c4)c4ccc(Cl)c(C5C(C)NNC5C)c43)C2=O)c2c1cc(C(=O)O)n2Cc1ccccn1. The summed E-state index contributed by atoms with van der Waals surface area (Å²) in [5, 5.41) is 13.4. The van der Waals surface area contributed by atoms with Gasteiger partial charge in [0.25, 0.3) is 5.91 Å². The van der Waals surface area contributed by atoms with Crippen molar-refractivity contribution in [2.75, 3.05) is 25.2 Å². The molecule has 57 heavy (non-hydrogen) atoms. The number of ether oxygens (including phenoxy) is 2. The van der Waals surface area contributed by atoms with Gasteiger partial charge in [0.05, 0.1) is 42.7 Å². The maximum absolute atomic E-state index is 15.4. The van der Waals surface area contributed by atoms with Crippen molar-refractivity contribution in [2.45, 2.75) is 78.0 Å². The van der Waals surface area contributed by atoms with Crippen LogP contribution in [0.4, 0.5) is 5.69 Å². The summed E-state index contributed by atoms with van der Waals surface area (Å²) in [5.41, 5.74) is 14.1. The third-order valence-corrected chi connectivity index (χ3v) is 12.5. The highest BCUT2D eigenvalue weighted by Gasteiger charge is 2.40. The number of aromatic carboxylic acids is 1. The molecule has 5 heterocycles. The van der Waals surface area contributed by atoms with E-state index >= 15 is 4.79 Å². The maximum Gasteiger partial charge on any atom is 0.352 e. The Kier molecular flexibility index (Phi) is 10.4. The lowest BCUT2D eigenvalue weighted by Gasteiger charge is -2.35. The van der Waals surface area contributed by atoms with Gasteiger partial charge in [0.2, 0.25) is 0 Å². The first-order valence-electron chi connectivity index (χ1n) is 19.3. The van der Waals surface area contributed by atoms with Crippen LogP contribution < -0.4 is 25.2 Å². The second-order valence-corrected chi connectivity index (χ2v) is 16.1. The Labute approximate surface area is 341 Å². The molecule has 1 saturated heterocycles. The number of carboxylic acids is 1. The number of halogens is 2. The summed E-state index contributed by atoms with van der Waals surface area (Å²) in [5.74, 6) is 0.0364. The number of rotatable bonds is 11. The molecular weight excluding hydrogens is 763 g/mol. The molecule has 0 bridgehead atoms. The lowest BCUT2D eigenvalue weighted by Crippen LogP contribution is -2.43. The van der Waals surface area contributed by atoms with Gasteiger partial charge in [0, 0.05) is 63.2 Å². The molecule has 0 aliphatic carbocycles. The van der Waals surface area contributed by atoms with Crippen molar-refractivity contribution in [3.8, 4) is 11.5 Å². The fourth-order valence-corrected chi connectivity index (χ4v) is 9.40. The number of fused-ring (bicyclic) bond motifs is 4. The number of pyridine rings is 1. The van der Waals surface area contributed by atoms with Crippen LogP contribution >= 0.6 is 23.2 Å². The molecule has 296 valence electrons. The van der Waals surface area contributed by atoms with E-state index in [9.17, 15) is 9.90 Å². The zero-order chi connectivity index (χ0) is 40.3. The molecule has 2 unspecified atom stereocenters. The van der Waals surface area contributed by atoms with Gasteiger partial charge in [-0.3, -0.25) is 20.6 Å². The van der Waals surface area contributed by atoms with Crippen molar-refractivity contribution >= 4 is 62.6 Å². The predicted octanol–water partition coefficient (Wildman–Crippen LogP) is 8.87. The number of aromatic nitrogens is 3. The summed E-state index contributed by atoms with van der Waals surface area (Å²) in [6, 6.07) is 18.7. The van der Waals surface area contributed by atoms with Crippen molar-refractivity contribution in [3.63, 3.8) is 0 Å². The Balaban J connectivity index is 1.28. The maximum atomic E-state index is 15.4. The minimum Gasteiger partial charge on any atom is -0.496 e. The highest BCUT2D eigenvalue weighted by atomic mass is 35.5. The number of aryl methyl sites for hydroxylation is 3. The van der Waals surface area contributed by atoms with Gasteiger partial charge in [-0.15, -0.1) is 0 Å². The van der Waals surface area contributed by atoms with Gasteiger partial charge in [0.1, 0.15) is 22.9 Å². The normalized spacial score (nSPS) is 19.4. The fourth-order valence-electron chi connectivity index (χ4n) is 9.01. The van der Waals surface area contributed by atoms with Gasteiger partial charge >= 0.3 is 5.97 Å². The Bertz CT molecular complexity index is 2520. The summed E-state index contributed by atoms with van der Waals surface area (Å²) in [6.07, 6.45) is 2.90. The average Bonchev–Trinajstić information content (AvgIpc) is 3.85. The first-order valence-corrected chi connectivity index (χ1v) is 20.1. The number of hydrogen-bond donors (Lipinski definition) is 3. The molecular formula is C44H46Cl2N6O5. The summed E-state index contributed by atoms with van der Waals surface area (Å²) in [7, 11) is 1.56. The molecule has 3 aromatic heterocycles. The van der Waals surface area contributed by atoms with Gasteiger partial charge in [-0.1, -0.05) is 35.3 Å². The molecule has 1 fully saturated rings.